The molecule has 3 rings (SSSR count). The van der Waals surface area contributed by atoms with Crippen LogP contribution in [-0.2, 0) is 15.0 Å². The molecule has 0 aromatic heterocycles. The van der Waals surface area contributed by atoms with Crippen LogP contribution in [-0.4, -0.2) is 22.2 Å². The summed E-state index contributed by atoms with van der Waals surface area (Å²) in [5.41, 5.74) is 1.34. The smallest absolute Gasteiger partial charge is 0.318 e. The van der Waals surface area contributed by atoms with E-state index in [4.69, 9.17) is 0 Å². The van der Waals surface area contributed by atoms with Crippen LogP contribution in [0.15, 0.2) is 53.0 Å². The molecule has 152 valence electrons. The quantitative estimate of drug-likeness (QED) is 0.592. The maximum atomic E-state index is 13.0. The summed E-state index contributed by atoms with van der Waals surface area (Å²) in [7, 11) is 0. The minimum absolute atomic E-state index is 0.262. The lowest BCUT2D eigenvalue weighted by molar-refractivity contribution is -0.154. The summed E-state index contributed by atoms with van der Waals surface area (Å²) in [5, 5.41) is 20.8. The molecule has 3 atom stereocenters. The second-order valence-corrected chi connectivity index (χ2v) is 9.18. The summed E-state index contributed by atoms with van der Waals surface area (Å²) in [6, 6.07) is 11.3. The molecule has 0 fully saturated rings. The van der Waals surface area contributed by atoms with Crippen molar-refractivity contribution in [2.45, 2.75) is 45.4 Å². The number of aryl methyl sites for hydroxylation is 3. The van der Waals surface area contributed by atoms with E-state index in [1.165, 1.54) is 0 Å². The Hall–Kier alpha value is -2.40. The van der Waals surface area contributed by atoms with E-state index in [9.17, 15) is 19.8 Å². The van der Waals surface area contributed by atoms with Crippen LogP contribution in [0.25, 0.3) is 0 Å². The van der Waals surface area contributed by atoms with Crippen molar-refractivity contribution in [1.29, 1.82) is 0 Å². The van der Waals surface area contributed by atoms with Crippen molar-refractivity contribution < 1.29 is 19.8 Å². The molecule has 1 aliphatic carbocycles. The molecular formula is C24H25BrO4. The van der Waals surface area contributed by atoms with Crippen LogP contribution in [0, 0.1) is 26.2 Å². The Morgan fingerprint density at radius 2 is 1.66 bits per heavy atom. The van der Waals surface area contributed by atoms with Crippen molar-refractivity contribution in [3.8, 4) is 0 Å². The third-order valence-corrected chi connectivity index (χ3v) is 6.62. The molecule has 2 aromatic carbocycles. The monoisotopic (exact) mass is 456 g/mol. The molecule has 5 heteroatoms. The first kappa shape index (κ1) is 21.3. The minimum Gasteiger partial charge on any atom is -0.481 e. The first-order chi connectivity index (χ1) is 13.5. The van der Waals surface area contributed by atoms with Crippen molar-refractivity contribution in [2.24, 2.45) is 5.41 Å². The molecule has 0 spiro atoms. The van der Waals surface area contributed by atoms with Gasteiger partial charge in [-0.25, -0.2) is 0 Å². The van der Waals surface area contributed by atoms with Gasteiger partial charge in [0, 0.05) is 10.4 Å². The molecule has 0 radical (unpaired) electrons. The van der Waals surface area contributed by atoms with Crippen molar-refractivity contribution in [3.63, 3.8) is 0 Å². The predicted molar refractivity (Wildman–Crippen MR) is 116 cm³/mol. The molecule has 29 heavy (non-hydrogen) atoms. The molecule has 3 unspecified atom stereocenters. The van der Waals surface area contributed by atoms with E-state index in [2.05, 4.69) is 15.9 Å². The fourth-order valence-corrected chi connectivity index (χ4v) is 5.51. The molecule has 0 bridgehead atoms. The lowest BCUT2D eigenvalue weighted by atomic mass is 9.52. The SMILES string of the molecule is Cc1cc(C)c(C2(C(=O)O)C=CCC(C)(C(=O)O)C2c2cccc(Br)c2)c(C)c1. The highest BCUT2D eigenvalue weighted by Crippen LogP contribution is 2.56. The minimum atomic E-state index is -1.49. The zero-order valence-electron chi connectivity index (χ0n) is 17.0. The van der Waals surface area contributed by atoms with Gasteiger partial charge in [0.1, 0.15) is 5.41 Å². The van der Waals surface area contributed by atoms with Gasteiger partial charge in [-0.2, -0.15) is 0 Å². The molecular weight excluding hydrogens is 432 g/mol. The number of hydrogen-bond acceptors (Lipinski definition) is 2. The zero-order chi connectivity index (χ0) is 21.6. The number of rotatable bonds is 4. The van der Waals surface area contributed by atoms with E-state index in [1.54, 1.807) is 19.1 Å². The van der Waals surface area contributed by atoms with Gasteiger partial charge < -0.3 is 10.2 Å². The average Bonchev–Trinajstić information content (AvgIpc) is 2.60. The van der Waals surface area contributed by atoms with Crippen molar-refractivity contribution in [3.05, 3.63) is 80.8 Å². The summed E-state index contributed by atoms with van der Waals surface area (Å²) in [6.07, 6.45) is 3.68. The summed E-state index contributed by atoms with van der Waals surface area (Å²) >= 11 is 3.46. The number of carboxylic acids is 2. The van der Waals surface area contributed by atoms with Gasteiger partial charge in [0.05, 0.1) is 5.41 Å². The standard InChI is InChI=1S/C24H25BrO4/c1-14-11-15(2)19(16(3)12-14)24(22(28)29)10-6-9-23(4,21(26)27)20(24)17-7-5-8-18(25)13-17/h5-8,10-13,20H,9H2,1-4H3,(H,26,27)(H,28,29). The number of aliphatic carboxylic acids is 2. The van der Waals surface area contributed by atoms with E-state index in [0.29, 0.717) is 11.1 Å². The number of hydrogen-bond donors (Lipinski definition) is 2. The molecule has 1 aliphatic rings. The second-order valence-electron chi connectivity index (χ2n) is 8.27. The van der Waals surface area contributed by atoms with E-state index in [0.717, 1.165) is 21.2 Å². The molecule has 0 saturated carbocycles. The molecule has 4 nitrogen and oxygen atoms in total. The third-order valence-electron chi connectivity index (χ3n) is 6.13. The van der Waals surface area contributed by atoms with Crippen LogP contribution in [0.2, 0.25) is 0 Å². The highest BCUT2D eigenvalue weighted by atomic mass is 79.9. The third kappa shape index (κ3) is 3.31. The van der Waals surface area contributed by atoms with Crippen LogP contribution in [0.4, 0.5) is 0 Å². The highest BCUT2D eigenvalue weighted by molar-refractivity contribution is 9.10. The summed E-state index contributed by atoms with van der Waals surface area (Å²) in [4.78, 5) is 25.5. The number of carboxylic acid groups (broad SMARTS) is 2. The van der Waals surface area contributed by atoms with Crippen LogP contribution >= 0.6 is 15.9 Å². The maximum Gasteiger partial charge on any atom is 0.318 e. The highest BCUT2D eigenvalue weighted by Gasteiger charge is 2.59. The lowest BCUT2D eigenvalue weighted by Gasteiger charge is -2.48. The number of carbonyl (C=O) groups is 2. The van der Waals surface area contributed by atoms with Gasteiger partial charge in [-0.1, -0.05) is 57.9 Å². The Balaban J connectivity index is 2.46. The fourth-order valence-electron chi connectivity index (χ4n) is 5.10. The van der Waals surface area contributed by atoms with Crippen molar-refractivity contribution >= 4 is 27.9 Å². The van der Waals surface area contributed by atoms with E-state index >= 15 is 0 Å². The van der Waals surface area contributed by atoms with Crippen LogP contribution in [0.1, 0.15) is 47.1 Å². The van der Waals surface area contributed by atoms with E-state index in [1.807, 2.05) is 57.2 Å². The molecule has 0 saturated heterocycles. The second kappa shape index (κ2) is 7.45. The van der Waals surface area contributed by atoms with E-state index < -0.39 is 28.7 Å². The van der Waals surface area contributed by atoms with Crippen molar-refractivity contribution in [1.82, 2.24) is 0 Å². The normalized spacial score (nSPS) is 26.3. The largest absolute Gasteiger partial charge is 0.481 e. The van der Waals surface area contributed by atoms with Crippen LogP contribution < -0.4 is 0 Å². The average molecular weight is 457 g/mol. The Labute approximate surface area is 179 Å². The number of benzene rings is 2. The van der Waals surface area contributed by atoms with Crippen LogP contribution in [0.5, 0.6) is 0 Å². The van der Waals surface area contributed by atoms with Gasteiger partial charge in [0.2, 0.25) is 0 Å². The summed E-state index contributed by atoms with van der Waals surface area (Å²) in [6.45, 7) is 7.43. The Morgan fingerprint density at radius 1 is 1.03 bits per heavy atom. The molecule has 0 amide bonds. The first-order valence-electron chi connectivity index (χ1n) is 9.52. The Morgan fingerprint density at radius 3 is 2.17 bits per heavy atom. The first-order valence-corrected chi connectivity index (χ1v) is 10.3. The summed E-state index contributed by atoms with van der Waals surface area (Å²) < 4.78 is 0.786. The number of halogens is 1. The lowest BCUT2D eigenvalue weighted by Crippen LogP contribution is -2.52. The predicted octanol–water partition coefficient (Wildman–Crippen LogP) is 5.53. The van der Waals surface area contributed by atoms with Gasteiger partial charge in [-0.05, 0) is 68.5 Å². The Bertz CT molecular complexity index is 1000. The van der Waals surface area contributed by atoms with Gasteiger partial charge in [0.15, 0.2) is 0 Å². The van der Waals surface area contributed by atoms with Gasteiger partial charge >= 0.3 is 11.9 Å². The van der Waals surface area contributed by atoms with Gasteiger partial charge in [-0.3, -0.25) is 9.59 Å². The fraction of sp³-hybridized carbons (Fsp3) is 0.333. The van der Waals surface area contributed by atoms with Gasteiger partial charge in [0.25, 0.3) is 0 Å². The Kier molecular flexibility index (Phi) is 5.48. The molecule has 0 aliphatic heterocycles. The molecule has 2 aromatic rings. The topological polar surface area (TPSA) is 74.6 Å². The van der Waals surface area contributed by atoms with E-state index in [-0.39, 0.29) is 6.42 Å². The summed E-state index contributed by atoms with van der Waals surface area (Å²) in [5.74, 6) is -2.83. The zero-order valence-corrected chi connectivity index (χ0v) is 18.6. The van der Waals surface area contributed by atoms with Gasteiger partial charge in [-0.15, -0.1) is 0 Å². The molecule has 0 heterocycles. The van der Waals surface area contributed by atoms with Crippen LogP contribution in [0.3, 0.4) is 0 Å². The van der Waals surface area contributed by atoms with Crippen molar-refractivity contribution in [2.75, 3.05) is 0 Å². The molecule has 2 N–H and O–H groups in total. The number of allylic oxidation sites excluding steroid dienone is 1. The maximum absolute atomic E-state index is 13.0.